The third kappa shape index (κ3) is 4.02. The Morgan fingerprint density at radius 1 is 1.35 bits per heavy atom. The van der Waals surface area contributed by atoms with Crippen molar-refractivity contribution in [2.45, 2.75) is 13.0 Å². The number of amides is 2. The van der Waals surface area contributed by atoms with Gasteiger partial charge < -0.3 is 21.1 Å². The van der Waals surface area contributed by atoms with Crippen LogP contribution >= 0.6 is 0 Å². The molecule has 1 atom stereocenters. The summed E-state index contributed by atoms with van der Waals surface area (Å²) in [6.45, 7) is 1.68. The standard InChI is InChI=1S/C11H15N3O3/c1-7(10(15)17-2)13-8-4-3-5-9(6-8)14-11(12)16/h3-7,13H,1-2H3,(H3,12,14,16). The molecule has 0 saturated heterocycles. The molecule has 0 bridgehead atoms. The van der Waals surface area contributed by atoms with E-state index >= 15 is 0 Å². The normalized spacial score (nSPS) is 11.4. The number of benzene rings is 1. The molecule has 0 heterocycles. The Bertz CT molecular complexity index is 420. The van der Waals surface area contributed by atoms with Crippen LogP contribution in [0.3, 0.4) is 0 Å². The first kappa shape index (κ1) is 12.8. The number of hydrogen-bond acceptors (Lipinski definition) is 4. The molecule has 6 nitrogen and oxygen atoms in total. The van der Waals surface area contributed by atoms with Crippen LogP contribution in [0.4, 0.5) is 16.2 Å². The van der Waals surface area contributed by atoms with Crippen LogP contribution in [0.1, 0.15) is 6.92 Å². The number of carbonyl (C=O) groups excluding carboxylic acids is 2. The fourth-order valence-electron chi connectivity index (χ4n) is 1.31. The molecule has 0 aliphatic rings. The van der Waals surface area contributed by atoms with Crippen molar-refractivity contribution in [3.63, 3.8) is 0 Å². The Morgan fingerprint density at radius 3 is 2.59 bits per heavy atom. The Kier molecular flexibility index (Phi) is 4.33. The van der Waals surface area contributed by atoms with Crippen molar-refractivity contribution >= 4 is 23.4 Å². The van der Waals surface area contributed by atoms with Gasteiger partial charge in [-0.3, -0.25) is 0 Å². The zero-order valence-corrected chi connectivity index (χ0v) is 9.69. The minimum absolute atomic E-state index is 0.363. The van der Waals surface area contributed by atoms with Crippen LogP contribution in [0.2, 0.25) is 0 Å². The highest BCUT2D eigenvalue weighted by molar-refractivity contribution is 5.88. The molecule has 17 heavy (non-hydrogen) atoms. The molecule has 0 fully saturated rings. The number of carbonyl (C=O) groups is 2. The molecule has 0 spiro atoms. The van der Waals surface area contributed by atoms with E-state index in [0.29, 0.717) is 11.4 Å². The second-order valence-electron chi connectivity index (χ2n) is 3.46. The summed E-state index contributed by atoms with van der Waals surface area (Å²) in [6.07, 6.45) is 0. The summed E-state index contributed by atoms with van der Waals surface area (Å²) in [7, 11) is 1.32. The average Bonchev–Trinajstić information content (AvgIpc) is 2.27. The second-order valence-corrected chi connectivity index (χ2v) is 3.46. The average molecular weight is 237 g/mol. The van der Waals surface area contributed by atoms with Crippen molar-refractivity contribution in [3.05, 3.63) is 24.3 Å². The van der Waals surface area contributed by atoms with Crippen LogP contribution in [-0.2, 0) is 9.53 Å². The van der Waals surface area contributed by atoms with Gasteiger partial charge in [-0.05, 0) is 25.1 Å². The van der Waals surface area contributed by atoms with Gasteiger partial charge in [-0.25, -0.2) is 9.59 Å². The Balaban J connectivity index is 2.71. The van der Waals surface area contributed by atoms with E-state index in [0.717, 1.165) is 0 Å². The number of primary amides is 1. The lowest BCUT2D eigenvalue weighted by Crippen LogP contribution is -2.27. The van der Waals surface area contributed by atoms with E-state index in [2.05, 4.69) is 15.4 Å². The van der Waals surface area contributed by atoms with Crippen LogP contribution in [0, 0.1) is 0 Å². The van der Waals surface area contributed by atoms with Gasteiger partial charge in [-0.2, -0.15) is 0 Å². The summed E-state index contributed by atoms with van der Waals surface area (Å²) >= 11 is 0. The maximum Gasteiger partial charge on any atom is 0.327 e. The Labute approximate surface area is 99.1 Å². The zero-order chi connectivity index (χ0) is 12.8. The lowest BCUT2D eigenvalue weighted by Gasteiger charge is -2.13. The van der Waals surface area contributed by atoms with E-state index in [-0.39, 0.29) is 5.97 Å². The quantitative estimate of drug-likeness (QED) is 0.685. The Hall–Kier alpha value is -2.24. The highest BCUT2D eigenvalue weighted by Crippen LogP contribution is 2.15. The number of anilines is 2. The fourth-order valence-corrected chi connectivity index (χ4v) is 1.31. The summed E-state index contributed by atoms with van der Waals surface area (Å²) < 4.78 is 4.59. The summed E-state index contributed by atoms with van der Waals surface area (Å²) in [4.78, 5) is 21.9. The molecule has 1 aromatic rings. The SMILES string of the molecule is COC(=O)C(C)Nc1cccc(NC(N)=O)c1. The number of hydrogen-bond donors (Lipinski definition) is 3. The van der Waals surface area contributed by atoms with E-state index in [4.69, 9.17) is 5.73 Å². The van der Waals surface area contributed by atoms with Crippen LogP contribution in [0.15, 0.2) is 24.3 Å². The molecule has 92 valence electrons. The van der Waals surface area contributed by atoms with Gasteiger partial charge in [0.15, 0.2) is 0 Å². The first-order chi connectivity index (χ1) is 8.02. The van der Waals surface area contributed by atoms with E-state index < -0.39 is 12.1 Å². The van der Waals surface area contributed by atoms with Crippen LogP contribution in [-0.4, -0.2) is 25.2 Å². The number of rotatable bonds is 4. The van der Waals surface area contributed by atoms with Crippen molar-refractivity contribution in [1.29, 1.82) is 0 Å². The monoisotopic (exact) mass is 237 g/mol. The van der Waals surface area contributed by atoms with Gasteiger partial charge in [-0.1, -0.05) is 6.07 Å². The van der Waals surface area contributed by atoms with E-state index in [1.54, 1.807) is 31.2 Å². The third-order valence-corrected chi connectivity index (χ3v) is 2.07. The molecule has 0 aliphatic heterocycles. The molecule has 1 unspecified atom stereocenters. The van der Waals surface area contributed by atoms with Crippen molar-refractivity contribution in [3.8, 4) is 0 Å². The van der Waals surface area contributed by atoms with E-state index in [1.807, 2.05) is 0 Å². The van der Waals surface area contributed by atoms with Crippen molar-refractivity contribution < 1.29 is 14.3 Å². The molecule has 4 N–H and O–H groups in total. The lowest BCUT2D eigenvalue weighted by atomic mass is 10.2. The zero-order valence-electron chi connectivity index (χ0n) is 9.69. The molecule has 0 radical (unpaired) electrons. The van der Waals surface area contributed by atoms with Crippen molar-refractivity contribution in [2.24, 2.45) is 5.73 Å². The van der Waals surface area contributed by atoms with Gasteiger partial charge in [0.05, 0.1) is 7.11 Å². The number of esters is 1. The molecular formula is C11H15N3O3. The predicted octanol–water partition coefficient (Wildman–Crippen LogP) is 1.15. The van der Waals surface area contributed by atoms with Crippen molar-refractivity contribution in [2.75, 3.05) is 17.7 Å². The van der Waals surface area contributed by atoms with Crippen LogP contribution < -0.4 is 16.4 Å². The Morgan fingerprint density at radius 2 is 2.00 bits per heavy atom. The number of nitrogens with two attached hydrogens (primary N) is 1. The molecule has 0 aliphatic carbocycles. The van der Waals surface area contributed by atoms with Gasteiger partial charge in [0, 0.05) is 11.4 Å². The van der Waals surface area contributed by atoms with Crippen LogP contribution in [0.5, 0.6) is 0 Å². The summed E-state index contributed by atoms with van der Waals surface area (Å²) in [5.41, 5.74) is 6.25. The first-order valence-corrected chi connectivity index (χ1v) is 5.04. The number of methoxy groups -OCH3 is 1. The van der Waals surface area contributed by atoms with Gasteiger partial charge in [0.1, 0.15) is 6.04 Å². The topological polar surface area (TPSA) is 93.4 Å². The molecule has 2 amide bonds. The van der Waals surface area contributed by atoms with E-state index in [9.17, 15) is 9.59 Å². The summed E-state index contributed by atoms with van der Waals surface area (Å²) in [5.74, 6) is -0.363. The van der Waals surface area contributed by atoms with Gasteiger partial charge in [0.25, 0.3) is 0 Å². The van der Waals surface area contributed by atoms with Crippen LogP contribution in [0.25, 0.3) is 0 Å². The largest absolute Gasteiger partial charge is 0.467 e. The second kappa shape index (κ2) is 5.74. The molecule has 0 saturated carbocycles. The smallest absolute Gasteiger partial charge is 0.327 e. The summed E-state index contributed by atoms with van der Waals surface area (Å²) in [6, 6.07) is 5.76. The minimum atomic E-state index is -0.636. The predicted molar refractivity (Wildman–Crippen MR) is 64.7 cm³/mol. The fraction of sp³-hybridized carbons (Fsp3) is 0.273. The first-order valence-electron chi connectivity index (χ1n) is 5.04. The maximum absolute atomic E-state index is 11.2. The summed E-state index contributed by atoms with van der Waals surface area (Å²) in [5, 5.41) is 5.38. The number of nitrogens with one attached hydrogen (secondary N) is 2. The molecule has 1 aromatic carbocycles. The highest BCUT2D eigenvalue weighted by Gasteiger charge is 2.12. The molecule has 1 rings (SSSR count). The number of ether oxygens (including phenoxy) is 1. The van der Waals surface area contributed by atoms with Gasteiger partial charge in [-0.15, -0.1) is 0 Å². The van der Waals surface area contributed by atoms with Gasteiger partial charge in [0.2, 0.25) is 0 Å². The number of urea groups is 1. The van der Waals surface area contributed by atoms with Gasteiger partial charge >= 0.3 is 12.0 Å². The minimum Gasteiger partial charge on any atom is -0.467 e. The highest BCUT2D eigenvalue weighted by atomic mass is 16.5. The third-order valence-electron chi connectivity index (χ3n) is 2.07. The van der Waals surface area contributed by atoms with Crippen molar-refractivity contribution in [1.82, 2.24) is 0 Å². The molecule has 0 aromatic heterocycles. The molecular weight excluding hydrogens is 222 g/mol. The van der Waals surface area contributed by atoms with E-state index in [1.165, 1.54) is 7.11 Å². The lowest BCUT2D eigenvalue weighted by molar-refractivity contribution is -0.141. The molecule has 6 heteroatoms. The maximum atomic E-state index is 11.2.